The van der Waals surface area contributed by atoms with Gasteiger partial charge in [-0.15, -0.1) is 0 Å². The maximum Gasteiger partial charge on any atom is 0.243 e. The topological polar surface area (TPSA) is 55.6 Å². The predicted octanol–water partition coefficient (Wildman–Crippen LogP) is 3.89. The van der Waals surface area contributed by atoms with E-state index in [0.29, 0.717) is 5.95 Å². The van der Waals surface area contributed by atoms with Gasteiger partial charge in [-0.3, -0.25) is 0 Å². The zero-order chi connectivity index (χ0) is 15.8. The summed E-state index contributed by atoms with van der Waals surface area (Å²) in [5, 5.41) is 15.6. The highest BCUT2D eigenvalue weighted by atomic mass is 79.9. The van der Waals surface area contributed by atoms with E-state index in [-0.39, 0.29) is 12.1 Å². The highest BCUT2D eigenvalue weighted by Crippen LogP contribution is 2.37. The van der Waals surface area contributed by atoms with Crippen LogP contribution >= 0.6 is 15.9 Å². The van der Waals surface area contributed by atoms with Crippen molar-refractivity contribution in [2.75, 3.05) is 5.32 Å². The van der Waals surface area contributed by atoms with E-state index in [1.54, 1.807) is 0 Å². The molecular weight excluding hydrogens is 354 g/mol. The minimum atomic E-state index is 0.130. The van der Waals surface area contributed by atoms with Gasteiger partial charge in [0, 0.05) is 4.47 Å². The molecule has 1 aliphatic rings. The maximum absolute atomic E-state index is 4.17. The van der Waals surface area contributed by atoms with Crippen LogP contribution in [0, 0.1) is 6.92 Å². The monoisotopic (exact) mass is 369 g/mol. The standard InChI is InChI=1S/C17H16BrN5/c1-11-5-7-12(8-6-11)16-10-15(13-3-2-4-14(18)9-13)19-17-20-21-22-23(16)17/h2-9,15-16H,10H2,1H3,(H,19,20,22)/t15-,16-/m1/s1. The summed E-state index contributed by atoms with van der Waals surface area (Å²) < 4.78 is 2.95. The van der Waals surface area contributed by atoms with Crippen molar-refractivity contribution >= 4 is 21.9 Å². The number of fused-ring (bicyclic) bond motifs is 1. The molecular formula is C17H16BrN5. The number of nitrogens with one attached hydrogen (secondary N) is 1. The van der Waals surface area contributed by atoms with Crippen LogP contribution in [0.25, 0.3) is 0 Å². The molecule has 6 heteroatoms. The SMILES string of the molecule is Cc1ccc([C@H]2C[C@H](c3cccc(Br)c3)Nc3nnnn32)cc1. The first-order valence-corrected chi connectivity index (χ1v) is 8.36. The van der Waals surface area contributed by atoms with Crippen LogP contribution in [-0.4, -0.2) is 20.2 Å². The van der Waals surface area contributed by atoms with E-state index in [0.717, 1.165) is 10.9 Å². The van der Waals surface area contributed by atoms with Gasteiger partial charge in [-0.2, -0.15) is 0 Å². The van der Waals surface area contributed by atoms with E-state index in [1.165, 1.54) is 16.7 Å². The van der Waals surface area contributed by atoms with Crippen LogP contribution in [0.2, 0.25) is 0 Å². The van der Waals surface area contributed by atoms with E-state index in [1.807, 2.05) is 10.7 Å². The molecule has 0 spiro atoms. The van der Waals surface area contributed by atoms with Crippen LogP contribution < -0.4 is 5.32 Å². The number of hydrogen-bond acceptors (Lipinski definition) is 4. The van der Waals surface area contributed by atoms with Gasteiger partial charge in [0.1, 0.15) is 0 Å². The number of aromatic nitrogens is 4. The average molecular weight is 370 g/mol. The first kappa shape index (κ1) is 14.4. The molecule has 4 rings (SSSR count). The molecule has 1 aliphatic heterocycles. The van der Waals surface area contributed by atoms with Crippen LogP contribution in [-0.2, 0) is 0 Å². The average Bonchev–Trinajstić information content (AvgIpc) is 3.03. The first-order chi connectivity index (χ1) is 11.2. The zero-order valence-corrected chi connectivity index (χ0v) is 14.2. The third-order valence-electron chi connectivity index (χ3n) is 4.26. The highest BCUT2D eigenvalue weighted by molar-refractivity contribution is 9.10. The minimum Gasteiger partial charge on any atom is -0.346 e. The Balaban J connectivity index is 1.73. The first-order valence-electron chi connectivity index (χ1n) is 7.57. The summed E-state index contributed by atoms with van der Waals surface area (Å²) in [5.41, 5.74) is 3.71. The van der Waals surface area contributed by atoms with Gasteiger partial charge in [0.2, 0.25) is 5.95 Å². The summed E-state index contributed by atoms with van der Waals surface area (Å²) in [6.07, 6.45) is 0.900. The normalized spacial score (nSPS) is 19.9. The second-order valence-electron chi connectivity index (χ2n) is 5.86. The van der Waals surface area contributed by atoms with E-state index in [9.17, 15) is 0 Å². The Bertz CT molecular complexity index is 827. The van der Waals surface area contributed by atoms with Crippen LogP contribution in [0.15, 0.2) is 53.0 Å². The third-order valence-corrected chi connectivity index (χ3v) is 4.76. The van der Waals surface area contributed by atoms with Crippen molar-refractivity contribution in [3.05, 3.63) is 69.7 Å². The Morgan fingerprint density at radius 3 is 2.74 bits per heavy atom. The van der Waals surface area contributed by atoms with Crippen molar-refractivity contribution in [1.82, 2.24) is 20.2 Å². The fourth-order valence-corrected chi connectivity index (χ4v) is 3.46. The Hall–Kier alpha value is -2.21. The molecule has 23 heavy (non-hydrogen) atoms. The van der Waals surface area contributed by atoms with Gasteiger partial charge in [0.25, 0.3) is 0 Å². The van der Waals surface area contributed by atoms with Crippen molar-refractivity contribution in [3.63, 3.8) is 0 Å². The fourth-order valence-electron chi connectivity index (χ4n) is 3.05. The summed E-state index contributed by atoms with van der Waals surface area (Å²) >= 11 is 3.55. The Kier molecular flexibility index (Phi) is 3.61. The molecule has 0 amide bonds. The molecule has 0 aliphatic carbocycles. The number of benzene rings is 2. The fraction of sp³-hybridized carbons (Fsp3) is 0.235. The number of tetrazole rings is 1. The molecule has 2 heterocycles. The van der Waals surface area contributed by atoms with Gasteiger partial charge in [-0.25, -0.2) is 4.68 Å². The molecule has 0 fully saturated rings. The largest absolute Gasteiger partial charge is 0.346 e. The Morgan fingerprint density at radius 2 is 1.96 bits per heavy atom. The molecule has 5 nitrogen and oxygen atoms in total. The second-order valence-corrected chi connectivity index (χ2v) is 6.78. The number of nitrogens with zero attached hydrogens (tertiary/aromatic N) is 4. The molecule has 0 saturated heterocycles. The quantitative estimate of drug-likeness (QED) is 0.744. The molecule has 3 aromatic rings. The van der Waals surface area contributed by atoms with Crippen molar-refractivity contribution in [2.24, 2.45) is 0 Å². The smallest absolute Gasteiger partial charge is 0.243 e. The van der Waals surface area contributed by atoms with Crippen LogP contribution in [0.5, 0.6) is 0 Å². The van der Waals surface area contributed by atoms with Gasteiger partial charge in [-0.05, 0) is 47.0 Å². The lowest BCUT2D eigenvalue weighted by Crippen LogP contribution is -2.28. The van der Waals surface area contributed by atoms with E-state index >= 15 is 0 Å². The van der Waals surface area contributed by atoms with Gasteiger partial charge in [-0.1, -0.05) is 63.0 Å². The molecule has 116 valence electrons. The van der Waals surface area contributed by atoms with E-state index in [4.69, 9.17) is 0 Å². The summed E-state index contributed by atoms with van der Waals surface area (Å²) in [7, 11) is 0. The molecule has 1 N–H and O–H groups in total. The number of hydrogen-bond donors (Lipinski definition) is 1. The third kappa shape index (κ3) is 2.74. The summed E-state index contributed by atoms with van der Waals surface area (Å²) in [4.78, 5) is 0. The lowest BCUT2D eigenvalue weighted by Gasteiger charge is -2.31. The van der Waals surface area contributed by atoms with E-state index in [2.05, 4.69) is 86.2 Å². The molecule has 0 unspecified atom stereocenters. The Morgan fingerprint density at radius 1 is 1.13 bits per heavy atom. The maximum atomic E-state index is 4.17. The lowest BCUT2D eigenvalue weighted by atomic mass is 9.93. The molecule has 0 bridgehead atoms. The minimum absolute atomic E-state index is 0.130. The van der Waals surface area contributed by atoms with Gasteiger partial charge in [0.15, 0.2) is 0 Å². The Labute approximate surface area is 142 Å². The van der Waals surface area contributed by atoms with Crippen molar-refractivity contribution in [3.8, 4) is 0 Å². The van der Waals surface area contributed by atoms with Crippen molar-refractivity contribution < 1.29 is 0 Å². The molecule has 0 saturated carbocycles. The van der Waals surface area contributed by atoms with Crippen molar-refractivity contribution in [1.29, 1.82) is 0 Å². The zero-order valence-electron chi connectivity index (χ0n) is 12.6. The van der Waals surface area contributed by atoms with Crippen LogP contribution in [0.3, 0.4) is 0 Å². The highest BCUT2D eigenvalue weighted by Gasteiger charge is 2.30. The molecule has 2 aromatic carbocycles. The van der Waals surface area contributed by atoms with Crippen LogP contribution in [0.1, 0.15) is 35.2 Å². The predicted molar refractivity (Wildman–Crippen MR) is 92.3 cm³/mol. The number of aryl methyl sites for hydroxylation is 1. The van der Waals surface area contributed by atoms with Gasteiger partial charge in [0.05, 0.1) is 12.1 Å². The molecule has 1 aromatic heterocycles. The van der Waals surface area contributed by atoms with Crippen LogP contribution in [0.4, 0.5) is 5.95 Å². The molecule has 0 radical (unpaired) electrons. The van der Waals surface area contributed by atoms with Crippen molar-refractivity contribution in [2.45, 2.75) is 25.4 Å². The number of rotatable bonds is 2. The number of anilines is 1. The van der Waals surface area contributed by atoms with Gasteiger partial charge < -0.3 is 5.32 Å². The summed E-state index contributed by atoms with van der Waals surface area (Å²) in [6.45, 7) is 2.10. The molecule has 2 atom stereocenters. The summed E-state index contributed by atoms with van der Waals surface area (Å²) in [5.74, 6) is 0.715. The second kappa shape index (κ2) is 5.77. The lowest BCUT2D eigenvalue weighted by molar-refractivity contribution is 0.423. The summed E-state index contributed by atoms with van der Waals surface area (Å²) in [6, 6.07) is 17.3. The number of halogens is 1. The van der Waals surface area contributed by atoms with E-state index < -0.39 is 0 Å². The van der Waals surface area contributed by atoms with Gasteiger partial charge >= 0.3 is 0 Å².